The largest absolute Gasteiger partial charge is 0.454 e. The second kappa shape index (κ2) is 9.11. The van der Waals surface area contributed by atoms with Gasteiger partial charge in [0, 0.05) is 33.1 Å². The van der Waals surface area contributed by atoms with Gasteiger partial charge in [0.25, 0.3) is 0 Å². The number of benzene rings is 3. The Bertz CT molecular complexity index is 1670. The summed E-state index contributed by atoms with van der Waals surface area (Å²) in [5.74, 6) is 1.38. The molecule has 0 spiro atoms. The lowest BCUT2D eigenvalue weighted by Crippen LogP contribution is -2.20. The molecule has 9 heteroatoms. The summed E-state index contributed by atoms with van der Waals surface area (Å²) < 4.78 is 25.9. The van der Waals surface area contributed by atoms with Crippen molar-refractivity contribution in [2.24, 2.45) is 0 Å². The minimum atomic E-state index is -0.528. The highest BCUT2D eigenvalue weighted by atomic mass is 32.1. The lowest BCUT2D eigenvalue weighted by atomic mass is 10.0. The molecule has 0 fully saturated rings. The van der Waals surface area contributed by atoms with Gasteiger partial charge in [-0.3, -0.25) is 0 Å². The number of pyridine rings is 1. The lowest BCUT2D eigenvalue weighted by molar-refractivity contribution is 0.174. The van der Waals surface area contributed by atoms with Gasteiger partial charge in [0.1, 0.15) is 11.6 Å². The van der Waals surface area contributed by atoms with E-state index in [1.165, 1.54) is 6.07 Å². The van der Waals surface area contributed by atoms with Gasteiger partial charge in [-0.05, 0) is 65.4 Å². The van der Waals surface area contributed by atoms with Crippen LogP contribution in [0.1, 0.15) is 5.56 Å². The van der Waals surface area contributed by atoms with Crippen molar-refractivity contribution in [1.29, 1.82) is 0 Å². The highest BCUT2D eigenvalue weighted by Crippen LogP contribution is 2.44. The number of ether oxygens (including phenoxy) is 2. The van der Waals surface area contributed by atoms with Crippen LogP contribution in [-0.4, -0.2) is 17.8 Å². The van der Waals surface area contributed by atoms with Crippen molar-refractivity contribution < 1.29 is 18.7 Å². The smallest absolute Gasteiger partial charge is 0.323 e. The SMILES string of the molecule is Cc1ccc(F)c(NC(=O)Nc2ccc(-c3csc4c(-c5ccc6c(c5)OCO6)cnc(N)c34)cc2)c1. The molecule has 0 saturated carbocycles. The fourth-order valence-corrected chi connectivity index (χ4v) is 5.42. The molecule has 4 N–H and O–H groups in total. The van der Waals surface area contributed by atoms with Gasteiger partial charge in [-0.2, -0.15) is 0 Å². The van der Waals surface area contributed by atoms with E-state index in [1.807, 2.05) is 37.3 Å². The standard InChI is InChI=1S/C28H21FN4O3S/c1-15-2-8-21(29)22(10-15)33-28(34)32-18-6-3-16(4-7-18)20-13-37-26-19(12-31-27(30)25(20)26)17-5-9-23-24(11-17)36-14-35-23/h2-13H,14H2,1H3,(H2,30,31)(H2,32,33,34). The molecule has 0 aliphatic carbocycles. The monoisotopic (exact) mass is 512 g/mol. The number of nitrogens with one attached hydrogen (secondary N) is 2. The van der Waals surface area contributed by atoms with E-state index in [2.05, 4.69) is 21.0 Å². The zero-order valence-corrected chi connectivity index (χ0v) is 20.5. The van der Waals surface area contributed by atoms with Gasteiger partial charge in [0.05, 0.1) is 5.69 Å². The molecular formula is C28H21FN4O3S. The van der Waals surface area contributed by atoms with Crippen LogP contribution in [0, 0.1) is 12.7 Å². The molecule has 1 aliphatic heterocycles. The average Bonchev–Trinajstić information content (AvgIpc) is 3.55. The molecule has 1 aliphatic rings. The highest BCUT2D eigenvalue weighted by Gasteiger charge is 2.18. The zero-order chi connectivity index (χ0) is 25.5. The van der Waals surface area contributed by atoms with Crippen molar-refractivity contribution >= 4 is 44.6 Å². The molecule has 184 valence electrons. The Balaban J connectivity index is 1.26. The van der Waals surface area contributed by atoms with Gasteiger partial charge in [-0.25, -0.2) is 14.2 Å². The van der Waals surface area contributed by atoms with Crippen LogP contribution in [0.3, 0.4) is 0 Å². The third-order valence-electron chi connectivity index (χ3n) is 6.13. The molecule has 0 radical (unpaired) electrons. The normalized spacial score (nSPS) is 12.1. The minimum absolute atomic E-state index is 0.125. The second-order valence-electron chi connectivity index (χ2n) is 8.62. The van der Waals surface area contributed by atoms with Crippen LogP contribution in [0.4, 0.5) is 26.4 Å². The first-order valence-electron chi connectivity index (χ1n) is 11.5. The molecule has 0 bridgehead atoms. The molecule has 7 nitrogen and oxygen atoms in total. The number of anilines is 3. The van der Waals surface area contributed by atoms with Gasteiger partial charge in [0.15, 0.2) is 11.5 Å². The van der Waals surface area contributed by atoms with E-state index in [0.29, 0.717) is 17.3 Å². The van der Waals surface area contributed by atoms with Crippen LogP contribution < -0.4 is 25.8 Å². The average molecular weight is 513 g/mol. The summed E-state index contributed by atoms with van der Waals surface area (Å²) in [6, 6.07) is 17.2. The van der Waals surface area contributed by atoms with E-state index in [4.69, 9.17) is 15.2 Å². The summed E-state index contributed by atoms with van der Waals surface area (Å²) in [6.45, 7) is 2.04. The molecular weight excluding hydrogens is 491 g/mol. The molecule has 0 unspecified atom stereocenters. The summed E-state index contributed by atoms with van der Waals surface area (Å²) in [4.78, 5) is 16.9. The number of nitrogens with zero attached hydrogens (tertiary/aromatic N) is 1. The van der Waals surface area contributed by atoms with Gasteiger partial charge in [-0.15, -0.1) is 11.3 Å². The molecule has 5 aromatic rings. The van der Waals surface area contributed by atoms with Gasteiger partial charge >= 0.3 is 6.03 Å². The molecule has 3 aromatic carbocycles. The number of halogens is 1. The van der Waals surface area contributed by atoms with Crippen LogP contribution in [0.5, 0.6) is 11.5 Å². The number of carbonyl (C=O) groups is 1. The van der Waals surface area contributed by atoms with E-state index in [1.54, 1.807) is 41.8 Å². The third kappa shape index (κ3) is 4.30. The molecule has 2 amide bonds. The van der Waals surface area contributed by atoms with Crippen LogP contribution in [0.15, 0.2) is 72.2 Å². The van der Waals surface area contributed by atoms with E-state index in [0.717, 1.165) is 43.7 Å². The number of aromatic nitrogens is 1. The second-order valence-corrected chi connectivity index (χ2v) is 9.50. The topological polar surface area (TPSA) is 98.5 Å². The Morgan fingerprint density at radius 2 is 1.76 bits per heavy atom. The first-order valence-corrected chi connectivity index (χ1v) is 12.3. The van der Waals surface area contributed by atoms with E-state index >= 15 is 0 Å². The number of carbonyl (C=O) groups excluding carboxylic acids is 1. The number of thiophene rings is 1. The molecule has 6 rings (SSSR count). The molecule has 37 heavy (non-hydrogen) atoms. The maximum Gasteiger partial charge on any atom is 0.323 e. The van der Waals surface area contributed by atoms with Crippen molar-refractivity contribution in [3.8, 4) is 33.8 Å². The number of nitrogen functional groups attached to an aromatic ring is 1. The van der Waals surface area contributed by atoms with Crippen molar-refractivity contribution in [3.05, 3.63) is 83.6 Å². The van der Waals surface area contributed by atoms with E-state index < -0.39 is 11.8 Å². The summed E-state index contributed by atoms with van der Waals surface area (Å²) in [6.07, 6.45) is 1.78. The number of hydrogen-bond donors (Lipinski definition) is 3. The number of rotatable bonds is 4. The highest BCUT2D eigenvalue weighted by molar-refractivity contribution is 7.18. The summed E-state index contributed by atoms with van der Waals surface area (Å²) in [5, 5.41) is 8.20. The number of hydrogen-bond acceptors (Lipinski definition) is 6. The number of aryl methyl sites for hydroxylation is 1. The van der Waals surface area contributed by atoms with Crippen LogP contribution in [0.2, 0.25) is 0 Å². The quantitative estimate of drug-likeness (QED) is 0.240. The minimum Gasteiger partial charge on any atom is -0.454 e. The Labute approximate surface area is 215 Å². The lowest BCUT2D eigenvalue weighted by Gasteiger charge is -2.10. The number of fused-ring (bicyclic) bond motifs is 2. The fourth-order valence-electron chi connectivity index (χ4n) is 4.30. The van der Waals surface area contributed by atoms with Crippen molar-refractivity contribution in [2.75, 3.05) is 23.2 Å². The van der Waals surface area contributed by atoms with Crippen LogP contribution >= 0.6 is 11.3 Å². The molecule has 3 heterocycles. The van der Waals surface area contributed by atoms with Gasteiger partial charge < -0.3 is 25.8 Å². The zero-order valence-electron chi connectivity index (χ0n) is 19.7. The van der Waals surface area contributed by atoms with Crippen LogP contribution in [-0.2, 0) is 0 Å². The maximum atomic E-state index is 14.0. The van der Waals surface area contributed by atoms with Crippen molar-refractivity contribution in [1.82, 2.24) is 4.98 Å². The fraction of sp³-hybridized carbons (Fsp3) is 0.0714. The summed E-state index contributed by atoms with van der Waals surface area (Å²) in [7, 11) is 0. The molecule has 2 aromatic heterocycles. The predicted molar refractivity (Wildman–Crippen MR) is 145 cm³/mol. The number of amides is 2. The number of urea groups is 1. The van der Waals surface area contributed by atoms with Crippen LogP contribution in [0.25, 0.3) is 32.3 Å². The Morgan fingerprint density at radius 3 is 2.59 bits per heavy atom. The summed E-state index contributed by atoms with van der Waals surface area (Å²) in [5.41, 5.74) is 11.7. The number of nitrogens with two attached hydrogens (primary N) is 1. The van der Waals surface area contributed by atoms with Gasteiger partial charge in [-0.1, -0.05) is 24.3 Å². The van der Waals surface area contributed by atoms with Gasteiger partial charge in [0.2, 0.25) is 6.79 Å². The first kappa shape index (κ1) is 22.8. The Morgan fingerprint density at radius 1 is 0.973 bits per heavy atom. The molecule has 0 saturated heterocycles. The van der Waals surface area contributed by atoms with E-state index in [9.17, 15) is 9.18 Å². The Hall–Kier alpha value is -4.63. The van der Waals surface area contributed by atoms with Crippen molar-refractivity contribution in [2.45, 2.75) is 6.92 Å². The summed E-state index contributed by atoms with van der Waals surface area (Å²) >= 11 is 1.59. The first-order chi connectivity index (χ1) is 18.0. The third-order valence-corrected chi connectivity index (χ3v) is 7.15. The van der Waals surface area contributed by atoms with E-state index in [-0.39, 0.29) is 12.5 Å². The predicted octanol–water partition coefficient (Wildman–Crippen LogP) is 7.03. The van der Waals surface area contributed by atoms with Crippen molar-refractivity contribution in [3.63, 3.8) is 0 Å². The maximum absolute atomic E-state index is 14.0. The Kier molecular flexibility index (Phi) is 5.61. The molecule has 0 atom stereocenters.